The minimum absolute atomic E-state index is 0.173. The van der Waals surface area contributed by atoms with Crippen molar-refractivity contribution in [1.29, 1.82) is 0 Å². The minimum Gasteiger partial charge on any atom is -0.464 e. The van der Waals surface area contributed by atoms with Gasteiger partial charge in [0.2, 0.25) is 0 Å². The normalized spacial score (nSPS) is 22.7. The molecule has 0 aromatic carbocycles. The summed E-state index contributed by atoms with van der Waals surface area (Å²) in [5, 5.41) is 9.36. The molecule has 0 aliphatic heterocycles. The smallest absolute Gasteiger partial charge is 0.338 e. The number of aliphatic hydroxyl groups excluding tert-OH is 1. The summed E-state index contributed by atoms with van der Waals surface area (Å²) in [5.41, 5.74) is -1.74. The van der Waals surface area contributed by atoms with Crippen molar-refractivity contribution in [3.8, 4) is 0 Å². The van der Waals surface area contributed by atoms with Gasteiger partial charge in [0.25, 0.3) is 0 Å². The second-order valence-electron chi connectivity index (χ2n) is 3.40. The van der Waals surface area contributed by atoms with Crippen molar-refractivity contribution in [2.75, 3.05) is 6.61 Å². The third-order valence-electron chi connectivity index (χ3n) is 2.43. The predicted octanol–water partition coefficient (Wildman–Crippen LogP) is 1.19. The van der Waals surface area contributed by atoms with Crippen molar-refractivity contribution >= 4 is 5.97 Å². The van der Waals surface area contributed by atoms with Crippen LogP contribution in [0.1, 0.15) is 32.6 Å². The van der Waals surface area contributed by atoms with Gasteiger partial charge in [-0.3, -0.25) is 0 Å². The molecule has 1 unspecified atom stereocenters. The number of ether oxygens (including phenoxy) is 1. The first-order valence-electron chi connectivity index (χ1n) is 4.64. The van der Waals surface area contributed by atoms with Gasteiger partial charge in [-0.05, 0) is 19.8 Å². The van der Waals surface area contributed by atoms with E-state index in [0.717, 1.165) is 12.8 Å². The second-order valence-corrected chi connectivity index (χ2v) is 3.40. The minimum atomic E-state index is -1.74. The van der Waals surface area contributed by atoms with E-state index >= 15 is 0 Å². The number of hydrogen-bond acceptors (Lipinski definition) is 3. The molecular weight excluding hydrogens is 175 g/mol. The first kappa shape index (κ1) is 10.4. The third kappa shape index (κ3) is 2.18. The van der Waals surface area contributed by atoms with Gasteiger partial charge in [-0.1, -0.05) is 12.8 Å². The molecule has 0 spiro atoms. The second kappa shape index (κ2) is 4.05. The van der Waals surface area contributed by atoms with Gasteiger partial charge in [-0.25, -0.2) is 9.18 Å². The van der Waals surface area contributed by atoms with Crippen LogP contribution in [0.25, 0.3) is 0 Å². The maximum Gasteiger partial charge on any atom is 0.338 e. The Kier molecular flexibility index (Phi) is 3.25. The summed E-state index contributed by atoms with van der Waals surface area (Å²) in [7, 11) is 0. The van der Waals surface area contributed by atoms with Crippen LogP contribution in [0.4, 0.5) is 4.39 Å². The van der Waals surface area contributed by atoms with Crippen LogP contribution in [0.2, 0.25) is 0 Å². The molecule has 1 aliphatic carbocycles. The number of carbonyl (C=O) groups excluding carboxylic acids is 1. The average molecular weight is 190 g/mol. The molecule has 4 heteroatoms. The van der Waals surface area contributed by atoms with E-state index in [-0.39, 0.29) is 19.4 Å². The summed E-state index contributed by atoms with van der Waals surface area (Å²) < 4.78 is 18.3. The molecule has 0 saturated heterocycles. The van der Waals surface area contributed by atoms with E-state index in [1.54, 1.807) is 6.92 Å². The summed E-state index contributed by atoms with van der Waals surface area (Å²) in [6, 6.07) is 0. The molecule has 1 rings (SSSR count). The van der Waals surface area contributed by atoms with Gasteiger partial charge in [0.05, 0.1) is 6.61 Å². The van der Waals surface area contributed by atoms with E-state index in [9.17, 15) is 14.3 Å². The Morgan fingerprint density at radius 2 is 2.15 bits per heavy atom. The fraction of sp³-hybridized carbons (Fsp3) is 0.889. The quantitative estimate of drug-likeness (QED) is 0.680. The van der Waals surface area contributed by atoms with Crippen LogP contribution in [-0.4, -0.2) is 29.5 Å². The molecule has 0 aromatic rings. The van der Waals surface area contributed by atoms with Crippen molar-refractivity contribution in [1.82, 2.24) is 0 Å². The maximum atomic E-state index is 13.7. The number of halogens is 1. The molecule has 76 valence electrons. The van der Waals surface area contributed by atoms with Crippen LogP contribution in [-0.2, 0) is 9.53 Å². The van der Waals surface area contributed by atoms with Gasteiger partial charge in [0, 0.05) is 0 Å². The molecule has 1 atom stereocenters. The lowest BCUT2D eigenvalue weighted by Gasteiger charge is -2.23. The van der Waals surface area contributed by atoms with Crippen LogP contribution in [0.3, 0.4) is 0 Å². The van der Waals surface area contributed by atoms with Crippen LogP contribution in [0, 0.1) is 0 Å². The highest BCUT2D eigenvalue weighted by Crippen LogP contribution is 2.36. The summed E-state index contributed by atoms with van der Waals surface area (Å²) in [6.07, 6.45) is 0.370. The Morgan fingerprint density at radius 3 is 2.62 bits per heavy atom. The first-order chi connectivity index (χ1) is 6.10. The molecule has 0 heterocycles. The first-order valence-corrected chi connectivity index (χ1v) is 4.64. The van der Waals surface area contributed by atoms with Gasteiger partial charge in [-0.15, -0.1) is 0 Å². The molecule has 1 N–H and O–H groups in total. The molecule has 1 aliphatic rings. The van der Waals surface area contributed by atoms with E-state index < -0.39 is 17.7 Å². The summed E-state index contributed by atoms with van der Waals surface area (Å²) in [5.74, 6) is -0.841. The standard InChI is InChI=1S/C9H15FO3/c1-2-13-8(12)7(11)9(10)5-3-4-6-9/h7,11H,2-6H2,1H3. The highest BCUT2D eigenvalue weighted by Gasteiger charge is 2.45. The van der Waals surface area contributed by atoms with Gasteiger partial charge >= 0.3 is 5.97 Å². The van der Waals surface area contributed by atoms with Crippen LogP contribution in [0.5, 0.6) is 0 Å². The Balaban J connectivity index is 2.54. The van der Waals surface area contributed by atoms with Crippen molar-refractivity contribution in [2.45, 2.75) is 44.4 Å². The monoisotopic (exact) mass is 190 g/mol. The topological polar surface area (TPSA) is 46.5 Å². The lowest BCUT2D eigenvalue weighted by molar-refractivity contribution is -0.162. The lowest BCUT2D eigenvalue weighted by Crippen LogP contribution is -2.42. The van der Waals surface area contributed by atoms with Crippen molar-refractivity contribution < 1.29 is 19.0 Å². The highest BCUT2D eigenvalue weighted by atomic mass is 19.1. The van der Waals surface area contributed by atoms with E-state index in [4.69, 9.17) is 0 Å². The lowest BCUT2D eigenvalue weighted by atomic mass is 9.97. The largest absolute Gasteiger partial charge is 0.464 e. The predicted molar refractivity (Wildman–Crippen MR) is 44.9 cm³/mol. The zero-order chi connectivity index (χ0) is 9.90. The Bertz CT molecular complexity index is 187. The molecule has 1 saturated carbocycles. The van der Waals surface area contributed by atoms with Gasteiger partial charge in [-0.2, -0.15) is 0 Å². The molecule has 0 amide bonds. The zero-order valence-corrected chi connectivity index (χ0v) is 7.75. The summed E-state index contributed by atoms with van der Waals surface area (Å²) in [4.78, 5) is 11.0. The molecule has 0 aromatic heterocycles. The van der Waals surface area contributed by atoms with E-state index in [0.29, 0.717) is 0 Å². The van der Waals surface area contributed by atoms with Crippen molar-refractivity contribution in [2.24, 2.45) is 0 Å². The zero-order valence-electron chi connectivity index (χ0n) is 7.75. The van der Waals surface area contributed by atoms with Gasteiger partial charge in [0.1, 0.15) is 5.67 Å². The number of hydrogen-bond donors (Lipinski definition) is 1. The molecule has 13 heavy (non-hydrogen) atoms. The van der Waals surface area contributed by atoms with Crippen molar-refractivity contribution in [3.63, 3.8) is 0 Å². The number of esters is 1. The van der Waals surface area contributed by atoms with Crippen LogP contribution in [0.15, 0.2) is 0 Å². The fourth-order valence-electron chi connectivity index (χ4n) is 1.67. The van der Waals surface area contributed by atoms with Crippen LogP contribution < -0.4 is 0 Å². The number of rotatable bonds is 3. The van der Waals surface area contributed by atoms with E-state index in [1.807, 2.05) is 0 Å². The molecular formula is C9H15FO3. The highest BCUT2D eigenvalue weighted by molar-refractivity contribution is 5.76. The van der Waals surface area contributed by atoms with E-state index in [2.05, 4.69) is 4.74 Å². The van der Waals surface area contributed by atoms with Crippen molar-refractivity contribution in [3.05, 3.63) is 0 Å². The average Bonchev–Trinajstić information content (AvgIpc) is 2.52. The Hall–Kier alpha value is -0.640. The number of aliphatic hydroxyl groups is 1. The Morgan fingerprint density at radius 1 is 1.62 bits per heavy atom. The fourth-order valence-corrected chi connectivity index (χ4v) is 1.67. The molecule has 1 fully saturated rings. The SMILES string of the molecule is CCOC(=O)C(O)C1(F)CCCC1. The molecule has 0 bridgehead atoms. The third-order valence-corrected chi connectivity index (χ3v) is 2.43. The summed E-state index contributed by atoms with van der Waals surface area (Å²) in [6.45, 7) is 1.80. The van der Waals surface area contributed by atoms with Crippen LogP contribution >= 0.6 is 0 Å². The molecule has 3 nitrogen and oxygen atoms in total. The van der Waals surface area contributed by atoms with Gasteiger partial charge < -0.3 is 9.84 Å². The number of alkyl halides is 1. The van der Waals surface area contributed by atoms with E-state index in [1.165, 1.54) is 0 Å². The number of carbonyl (C=O) groups is 1. The summed E-state index contributed by atoms with van der Waals surface area (Å²) >= 11 is 0. The molecule has 0 radical (unpaired) electrons. The Labute approximate surface area is 76.9 Å². The maximum absolute atomic E-state index is 13.7. The van der Waals surface area contributed by atoms with Gasteiger partial charge in [0.15, 0.2) is 6.10 Å².